The molecule has 0 saturated heterocycles. The fourth-order valence-corrected chi connectivity index (χ4v) is 7.07. The number of hydrogen-bond donors (Lipinski definition) is 0. The van der Waals surface area contributed by atoms with E-state index in [1.165, 1.54) is 70.6 Å². The van der Waals surface area contributed by atoms with E-state index in [2.05, 4.69) is 142 Å². The molecule has 6 nitrogen and oxygen atoms in total. The zero-order valence-electron chi connectivity index (χ0n) is 43.8. The Labute approximate surface area is 418 Å². The third-order valence-corrected chi connectivity index (χ3v) is 11.2. The van der Waals surface area contributed by atoms with Crippen molar-refractivity contribution < 1.29 is 28.6 Å². The van der Waals surface area contributed by atoms with E-state index in [9.17, 15) is 14.4 Å². The average molecular weight is 941 g/mol. The molecule has 0 fully saturated rings. The first-order valence-corrected chi connectivity index (χ1v) is 27.5. The largest absolute Gasteiger partial charge is 0.462 e. The fourth-order valence-electron chi connectivity index (χ4n) is 7.07. The van der Waals surface area contributed by atoms with Gasteiger partial charge in [-0.05, 0) is 103 Å². The lowest BCUT2D eigenvalue weighted by molar-refractivity contribution is -0.167. The average Bonchev–Trinajstić information content (AvgIpc) is 3.34. The normalized spacial score (nSPS) is 13.0. The monoisotopic (exact) mass is 941 g/mol. The molecular formula is C62H100O6. The molecule has 0 aliphatic carbocycles. The molecule has 0 N–H and O–H groups in total. The van der Waals surface area contributed by atoms with E-state index in [1.807, 2.05) is 0 Å². The van der Waals surface area contributed by atoms with Crippen LogP contribution in [0.2, 0.25) is 0 Å². The van der Waals surface area contributed by atoms with Crippen molar-refractivity contribution in [2.24, 2.45) is 0 Å². The molecule has 1 atom stereocenters. The van der Waals surface area contributed by atoms with Gasteiger partial charge < -0.3 is 14.2 Å². The van der Waals surface area contributed by atoms with E-state index < -0.39 is 6.10 Å². The lowest BCUT2D eigenvalue weighted by Gasteiger charge is -2.18. The molecule has 0 saturated carbocycles. The van der Waals surface area contributed by atoms with E-state index >= 15 is 0 Å². The highest BCUT2D eigenvalue weighted by molar-refractivity contribution is 5.71. The summed E-state index contributed by atoms with van der Waals surface area (Å²) in [4.78, 5) is 37.9. The van der Waals surface area contributed by atoms with E-state index in [0.29, 0.717) is 19.3 Å². The van der Waals surface area contributed by atoms with E-state index in [-0.39, 0.29) is 37.5 Å². The number of esters is 3. The van der Waals surface area contributed by atoms with Gasteiger partial charge in [0.05, 0.1) is 0 Å². The van der Waals surface area contributed by atoms with Crippen LogP contribution >= 0.6 is 0 Å². The van der Waals surface area contributed by atoms with Crippen molar-refractivity contribution in [3.8, 4) is 0 Å². The Bertz CT molecular complexity index is 1450. The standard InChI is InChI=1S/C62H100O6/c1-4-7-10-13-16-19-22-23-24-25-26-27-28-29-30-31-32-33-34-35-36-37-38-39-41-43-46-49-52-55-61(64)67-58-59(57-66-60(63)54-51-48-45-42-21-18-15-12-9-6-3)68-62(65)56-53-50-47-44-40-20-17-14-11-8-5-2/h7,10,14,16-17,19,23-24,26-27,29-30,32-33,35-36,38-39,43,46,59H,4-6,8-9,11-13,15,18,20-22,25,28,31,34,37,40-42,44-45,47-58H2,1-3H3/b10-7-,17-14-,19-16-,24-23-,27-26-,30-29-,33-32-,36-35-,39-38-,46-43-. The summed E-state index contributed by atoms with van der Waals surface area (Å²) in [5.74, 6) is -0.981. The van der Waals surface area contributed by atoms with Gasteiger partial charge in [0.1, 0.15) is 13.2 Å². The molecule has 0 aliphatic heterocycles. The van der Waals surface area contributed by atoms with Crippen LogP contribution in [0.25, 0.3) is 0 Å². The molecule has 0 radical (unpaired) electrons. The summed E-state index contributed by atoms with van der Waals surface area (Å²) in [6, 6.07) is 0. The quantitative estimate of drug-likeness (QED) is 0.0262. The summed E-state index contributed by atoms with van der Waals surface area (Å²) in [5.41, 5.74) is 0. The second kappa shape index (κ2) is 55.4. The Morgan fingerprint density at radius 3 is 1.01 bits per heavy atom. The minimum atomic E-state index is -0.805. The first-order valence-electron chi connectivity index (χ1n) is 27.5. The van der Waals surface area contributed by atoms with Crippen LogP contribution in [0.1, 0.15) is 233 Å². The Morgan fingerprint density at radius 1 is 0.309 bits per heavy atom. The highest BCUT2D eigenvalue weighted by atomic mass is 16.6. The maximum Gasteiger partial charge on any atom is 0.306 e. The van der Waals surface area contributed by atoms with Crippen LogP contribution in [-0.2, 0) is 28.6 Å². The maximum absolute atomic E-state index is 12.7. The van der Waals surface area contributed by atoms with Gasteiger partial charge >= 0.3 is 17.9 Å². The van der Waals surface area contributed by atoms with Gasteiger partial charge in [-0.1, -0.05) is 232 Å². The van der Waals surface area contributed by atoms with Crippen LogP contribution in [0, 0.1) is 0 Å². The molecular weight excluding hydrogens is 841 g/mol. The van der Waals surface area contributed by atoms with Gasteiger partial charge in [-0.2, -0.15) is 0 Å². The van der Waals surface area contributed by atoms with Gasteiger partial charge in [0.2, 0.25) is 0 Å². The molecule has 0 aromatic rings. The Morgan fingerprint density at radius 2 is 0.603 bits per heavy atom. The molecule has 0 heterocycles. The highest BCUT2D eigenvalue weighted by Gasteiger charge is 2.19. The van der Waals surface area contributed by atoms with Gasteiger partial charge in [0.15, 0.2) is 6.10 Å². The molecule has 68 heavy (non-hydrogen) atoms. The Balaban J connectivity index is 4.35. The van der Waals surface area contributed by atoms with E-state index in [0.717, 1.165) is 116 Å². The number of hydrogen-bond acceptors (Lipinski definition) is 6. The molecule has 384 valence electrons. The number of carbonyl (C=O) groups is 3. The van der Waals surface area contributed by atoms with Crippen molar-refractivity contribution in [1.82, 2.24) is 0 Å². The van der Waals surface area contributed by atoms with Gasteiger partial charge in [0, 0.05) is 19.3 Å². The fraction of sp³-hybridized carbons (Fsp3) is 0.629. The molecule has 6 heteroatoms. The van der Waals surface area contributed by atoms with Crippen LogP contribution in [0.4, 0.5) is 0 Å². The third kappa shape index (κ3) is 52.8. The second-order valence-electron chi connectivity index (χ2n) is 17.8. The summed E-state index contributed by atoms with van der Waals surface area (Å²) in [7, 11) is 0. The highest BCUT2D eigenvalue weighted by Crippen LogP contribution is 2.13. The van der Waals surface area contributed by atoms with Crippen LogP contribution in [0.5, 0.6) is 0 Å². The van der Waals surface area contributed by atoms with Gasteiger partial charge in [-0.3, -0.25) is 14.4 Å². The molecule has 0 rings (SSSR count). The van der Waals surface area contributed by atoms with Crippen LogP contribution < -0.4 is 0 Å². The van der Waals surface area contributed by atoms with E-state index in [1.54, 1.807) is 0 Å². The topological polar surface area (TPSA) is 78.9 Å². The van der Waals surface area contributed by atoms with Crippen LogP contribution in [-0.4, -0.2) is 37.2 Å². The molecule has 0 aliphatic rings. The summed E-state index contributed by atoms with van der Waals surface area (Å²) in [5, 5.41) is 0. The Hall–Kier alpha value is -4.19. The van der Waals surface area contributed by atoms with E-state index in [4.69, 9.17) is 14.2 Å². The molecule has 0 aromatic carbocycles. The smallest absolute Gasteiger partial charge is 0.306 e. The number of rotatable bonds is 48. The first-order chi connectivity index (χ1) is 33.5. The van der Waals surface area contributed by atoms with Crippen LogP contribution in [0.3, 0.4) is 0 Å². The van der Waals surface area contributed by atoms with Crippen LogP contribution in [0.15, 0.2) is 122 Å². The molecule has 0 spiro atoms. The molecule has 0 amide bonds. The van der Waals surface area contributed by atoms with Gasteiger partial charge in [-0.25, -0.2) is 0 Å². The summed E-state index contributed by atoms with van der Waals surface area (Å²) in [6.07, 6.45) is 76.3. The van der Waals surface area contributed by atoms with Crippen molar-refractivity contribution in [2.45, 2.75) is 239 Å². The number of ether oxygens (including phenoxy) is 3. The van der Waals surface area contributed by atoms with Gasteiger partial charge in [0.25, 0.3) is 0 Å². The second-order valence-corrected chi connectivity index (χ2v) is 17.8. The summed E-state index contributed by atoms with van der Waals surface area (Å²) >= 11 is 0. The minimum absolute atomic E-state index is 0.100. The molecule has 0 aromatic heterocycles. The number of carbonyl (C=O) groups excluding carboxylic acids is 3. The predicted octanol–water partition coefficient (Wildman–Crippen LogP) is 18.5. The van der Waals surface area contributed by atoms with Crippen molar-refractivity contribution in [3.05, 3.63) is 122 Å². The maximum atomic E-state index is 12.7. The Kier molecular flexibility index (Phi) is 52.0. The third-order valence-electron chi connectivity index (χ3n) is 11.2. The summed E-state index contributed by atoms with van der Waals surface area (Å²) in [6.45, 7) is 6.40. The van der Waals surface area contributed by atoms with Crippen molar-refractivity contribution in [2.75, 3.05) is 13.2 Å². The SMILES string of the molecule is CC/C=C\C/C=C\C/C=C\C/C=C\C/C=C\C/C=C\C/C=C\C/C=C\C/C=C\CCCC(=O)OCC(COC(=O)CCCCCCCCCCCC)OC(=O)CCCCCCC/C=C\CCCC. The zero-order valence-corrected chi connectivity index (χ0v) is 43.8. The lowest BCUT2D eigenvalue weighted by Crippen LogP contribution is -2.30. The molecule has 0 bridgehead atoms. The first kappa shape index (κ1) is 63.8. The van der Waals surface area contributed by atoms with Crippen molar-refractivity contribution >= 4 is 17.9 Å². The molecule has 1 unspecified atom stereocenters. The predicted molar refractivity (Wildman–Crippen MR) is 293 cm³/mol. The van der Waals surface area contributed by atoms with Gasteiger partial charge in [-0.15, -0.1) is 0 Å². The number of unbranched alkanes of at least 4 members (excludes halogenated alkanes) is 17. The van der Waals surface area contributed by atoms with Crippen molar-refractivity contribution in [3.63, 3.8) is 0 Å². The minimum Gasteiger partial charge on any atom is -0.462 e. The van der Waals surface area contributed by atoms with Crippen molar-refractivity contribution in [1.29, 1.82) is 0 Å². The summed E-state index contributed by atoms with van der Waals surface area (Å²) < 4.78 is 16.7. The zero-order chi connectivity index (χ0) is 49.3. The number of allylic oxidation sites excluding steroid dienone is 20. The lowest BCUT2D eigenvalue weighted by atomic mass is 10.1.